The van der Waals surface area contributed by atoms with Crippen molar-refractivity contribution in [3.05, 3.63) is 53.6 Å². The molecule has 0 bridgehead atoms. The third-order valence-corrected chi connectivity index (χ3v) is 4.16. The van der Waals surface area contributed by atoms with E-state index in [1.807, 2.05) is 12.1 Å². The monoisotopic (exact) mass is 394 g/mol. The Bertz CT molecular complexity index is 873. The van der Waals surface area contributed by atoms with E-state index in [2.05, 4.69) is 0 Å². The van der Waals surface area contributed by atoms with Gasteiger partial charge in [-0.3, -0.25) is 4.79 Å². The van der Waals surface area contributed by atoms with Gasteiger partial charge in [0.05, 0.1) is 20.0 Å². The Morgan fingerprint density at radius 1 is 1.00 bits per heavy atom. The van der Waals surface area contributed by atoms with Gasteiger partial charge in [0.25, 0.3) is 0 Å². The SMILES string of the molecule is COc1cc(CCOc2ccc(CCC(=O)O)cc2)ccc1OS(C)(=O)=O. The molecule has 0 aliphatic rings. The molecule has 0 radical (unpaired) electrons. The summed E-state index contributed by atoms with van der Waals surface area (Å²) >= 11 is 0. The summed E-state index contributed by atoms with van der Waals surface area (Å²) in [5.74, 6) is 0.346. The van der Waals surface area contributed by atoms with Gasteiger partial charge in [-0.15, -0.1) is 0 Å². The van der Waals surface area contributed by atoms with Crippen molar-refractivity contribution in [2.45, 2.75) is 19.3 Å². The average Bonchev–Trinajstić information content (AvgIpc) is 2.61. The average molecular weight is 394 g/mol. The van der Waals surface area contributed by atoms with Crippen LogP contribution >= 0.6 is 0 Å². The molecule has 8 heteroatoms. The van der Waals surface area contributed by atoms with Gasteiger partial charge in [-0.05, 0) is 41.8 Å². The molecule has 2 aromatic rings. The lowest BCUT2D eigenvalue weighted by molar-refractivity contribution is -0.136. The first-order chi connectivity index (χ1) is 12.8. The fourth-order valence-electron chi connectivity index (χ4n) is 2.39. The van der Waals surface area contributed by atoms with E-state index in [1.165, 1.54) is 7.11 Å². The van der Waals surface area contributed by atoms with E-state index >= 15 is 0 Å². The zero-order chi connectivity index (χ0) is 19.9. The lowest BCUT2D eigenvalue weighted by atomic mass is 10.1. The number of hydrogen-bond donors (Lipinski definition) is 1. The Morgan fingerprint density at radius 3 is 2.26 bits per heavy atom. The van der Waals surface area contributed by atoms with E-state index in [-0.39, 0.29) is 12.2 Å². The molecule has 0 aliphatic carbocycles. The van der Waals surface area contributed by atoms with E-state index in [4.69, 9.17) is 18.8 Å². The van der Waals surface area contributed by atoms with Crippen LogP contribution in [0.4, 0.5) is 0 Å². The molecule has 146 valence electrons. The number of methoxy groups -OCH3 is 1. The third kappa shape index (κ3) is 7.18. The fraction of sp³-hybridized carbons (Fsp3) is 0.316. The maximum Gasteiger partial charge on any atom is 0.306 e. The Morgan fingerprint density at radius 2 is 1.67 bits per heavy atom. The number of ether oxygens (including phenoxy) is 2. The van der Waals surface area contributed by atoms with Crippen molar-refractivity contribution >= 4 is 16.1 Å². The number of carbonyl (C=O) groups is 1. The van der Waals surface area contributed by atoms with Crippen LogP contribution in [0, 0.1) is 0 Å². The molecule has 0 atom stereocenters. The van der Waals surface area contributed by atoms with Gasteiger partial charge < -0.3 is 18.8 Å². The summed E-state index contributed by atoms with van der Waals surface area (Å²) in [5, 5.41) is 8.69. The van der Waals surface area contributed by atoms with E-state index in [0.29, 0.717) is 30.9 Å². The second-order valence-corrected chi connectivity index (χ2v) is 7.48. The molecule has 0 saturated heterocycles. The van der Waals surface area contributed by atoms with Crippen LogP contribution in [0.1, 0.15) is 17.5 Å². The Kier molecular flexibility index (Phi) is 7.06. The van der Waals surface area contributed by atoms with Gasteiger partial charge in [0.15, 0.2) is 11.5 Å². The van der Waals surface area contributed by atoms with Gasteiger partial charge >= 0.3 is 16.1 Å². The highest BCUT2D eigenvalue weighted by molar-refractivity contribution is 7.86. The first kappa shape index (κ1) is 20.6. The van der Waals surface area contributed by atoms with Crippen LogP contribution in [-0.4, -0.2) is 39.5 Å². The molecule has 27 heavy (non-hydrogen) atoms. The molecule has 2 rings (SSSR count). The molecule has 0 aliphatic heterocycles. The second kappa shape index (κ2) is 9.27. The number of carboxylic acids is 1. The van der Waals surface area contributed by atoms with Gasteiger partial charge in [0.2, 0.25) is 0 Å². The summed E-state index contributed by atoms with van der Waals surface area (Å²) in [7, 11) is -2.18. The van der Waals surface area contributed by atoms with Gasteiger partial charge in [-0.25, -0.2) is 0 Å². The van der Waals surface area contributed by atoms with Crippen LogP contribution in [0.2, 0.25) is 0 Å². The number of benzene rings is 2. The maximum absolute atomic E-state index is 11.3. The quantitative estimate of drug-likeness (QED) is 0.619. The van der Waals surface area contributed by atoms with E-state index in [1.54, 1.807) is 30.3 Å². The largest absolute Gasteiger partial charge is 0.493 e. The van der Waals surface area contributed by atoms with Crippen LogP contribution in [0.3, 0.4) is 0 Å². The standard InChI is InChI=1S/C19H22O7S/c1-24-18-13-15(5-9-17(18)26-27(2,22)23)11-12-25-16-7-3-14(4-8-16)6-10-19(20)21/h3-5,7-9,13H,6,10-12H2,1-2H3,(H,20,21). The zero-order valence-electron chi connectivity index (χ0n) is 15.2. The molecule has 0 spiro atoms. The van der Waals surface area contributed by atoms with Crippen LogP contribution in [0.15, 0.2) is 42.5 Å². The molecule has 7 nitrogen and oxygen atoms in total. The molecular formula is C19H22O7S. The highest BCUT2D eigenvalue weighted by Gasteiger charge is 2.11. The number of aryl methyl sites for hydroxylation is 1. The number of rotatable bonds is 10. The Balaban J connectivity index is 1.90. The molecular weight excluding hydrogens is 372 g/mol. The minimum atomic E-state index is -3.63. The first-order valence-corrected chi connectivity index (χ1v) is 10.1. The predicted molar refractivity (Wildman–Crippen MR) is 100 cm³/mol. The van der Waals surface area contributed by atoms with Crippen molar-refractivity contribution in [2.24, 2.45) is 0 Å². The Hall–Kier alpha value is -2.74. The summed E-state index contributed by atoms with van der Waals surface area (Å²) < 4.78 is 38.3. The normalized spacial score (nSPS) is 11.0. The van der Waals surface area contributed by atoms with Crippen molar-refractivity contribution in [3.63, 3.8) is 0 Å². The van der Waals surface area contributed by atoms with Crippen molar-refractivity contribution in [2.75, 3.05) is 20.0 Å². The topological polar surface area (TPSA) is 99.1 Å². The van der Waals surface area contributed by atoms with E-state index in [9.17, 15) is 13.2 Å². The summed E-state index contributed by atoms with van der Waals surface area (Å²) in [6, 6.07) is 12.3. The van der Waals surface area contributed by atoms with Crippen molar-refractivity contribution in [1.29, 1.82) is 0 Å². The predicted octanol–water partition coefficient (Wildman–Crippen LogP) is 2.67. The van der Waals surface area contributed by atoms with Gasteiger partial charge in [0, 0.05) is 12.8 Å². The lowest BCUT2D eigenvalue weighted by Crippen LogP contribution is -2.07. The van der Waals surface area contributed by atoms with Gasteiger partial charge in [-0.2, -0.15) is 8.42 Å². The van der Waals surface area contributed by atoms with E-state index < -0.39 is 16.1 Å². The summed E-state index contributed by atoms with van der Waals surface area (Å²) in [5.41, 5.74) is 1.85. The first-order valence-electron chi connectivity index (χ1n) is 8.27. The van der Waals surface area contributed by atoms with Gasteiger partial charge in [-0.1, -0.05) is 18.2 Å². The van der Waals surface area contributed by atoms with E-state index in [0.717, 1.165) is 17.4 Å². The molecule has 0 heterocycles. The minimum Gasteiger partial charge on any atom is -0.493 e. The molecule has 1 N–H and O–H groups in total. The number of carboxylic acid groups (broad SMARTS) is 1. The van der Waals surface area contributed by atoms with Gasteiger partial charge in [0.1, 0.15) is 5.75 Å². The maximum atomic E-state index is 11.3. The van der Waals surface area contributed by atoms with Crippen LogP contribution < -0.4 is 13.7 Å². The minimum absolute atomic E-state index is 0.0983. The zero-order valence-corrected chi connectivity index (χ0v) is 16.0. The summed E-state index contributed by atoms with van der Waals surface area (Å²) in [6.07, 6.45) is 2.15. The van der Waals surface area contributed by atoms with Crippen LogP contribution in [-0.2, 0) is 27.8 Å². The Labute approximate surface area is 158 Å². The molecule has 0 amide bonds. The highest BCUT2D eigenvalue weighted by atomic mass is 32.2. The van der Waals surface area contributed by atoms with Crippen molar-refractivity contribution < 1.29 is 32.0 Å². The smallest absolute Gasteiger partial charge is 0.306 e. The van der Waals surface area contributed by atoms with Crippen LogP contribution in [0.5, 0.6) is 17.2 Å². The van der Waals surface area contributed by atoms with Crippen molar-refractivity contribution in [3.8, 4) is 17.2 Å². The van der Waals surface area contributed by atoms with Crippen molar-refractivity contribution in [1.82, 2.24) is 0 Å². The molecule has 0 unspecified atom stereocenters. The number of aliphatic carboxylic acids is 1. The fourth-order valence-corrected chi connectivity index (χ4v) is 2.85. The summed E-state index contributed by atoms with van der Waals surface area (Å²) in [6.45, 7) is 0.421. The third-order valence-electron chi connectivity index (χ3n) is 3.68. The second-order valence-electron chi connectivity index (χ2n) is 5.91. The molecule has 0 fully saturated rings. The molecule has 2 aromatic carbocycles. The lowest BCUT2D eigenvalue weighted by Gasteiger charge is -2.11. The number of hydrogen-bond acceptors (Lipinski definition) is 6. The summed E-state index contributed by atoms with van der Waals surface area (Å²) in [4.78, 5) is 10.6. The molecule has 0 saturated carbocycles. The van der Waals surface area contributed by atoms with Crippen LogP contribution in [0.25, 0.3) is 0 Å². The highest BCUT2D eigenvalue weighted by Crippen LogP contribution is 2.29. The molecule has 0 aromatic heterocycles.